The normalized spacial score (nSPS) is 10.4. The van der Waals surface area contributed by atoms with Gasteiger partial charge < -0.3 is 20.0 Å². The third-order valence-corrected chi connectivity index (χ3v) is 5.10. The van der Waals surface area contributed by atoms with Crippen molar-refractivity contribution in [3.63, 3.8) is 0 Å². The number of aromatic carboxylic acids is 1. The number of carbonyl (C=O) groups is 2. The summed E-state index contributed by atoms with van der Waals surface area (Å²) in [4.78, 5) is 44.8. The monoisotopic (exact) mass is 466 g/mol. The molecule has 0 fully saturated rings. The van der Waals surface area contributed by atoms with Crippen LogP contribution in [0.1, 0.15) is 32.0 Å². The van der Waals surface area contributed by atoms with Crippen LogP contribution >= 0.6 is 0 Å². The maximum Gasteiger partial charge on any atom is 1.00 e. The largest absolute Gasteiger partial charge is 1.00 e. The van der Waals surface area contributed by atoms with Gasteiger partial charge >= 0.3 is 29.6 Å². The molecule has 0 unspecified atom stereocenters. The Morgan fingerprint density at radius 3 is 2.35 bits per heavy atom. The van der Waals surface area contributed by atoms with Crippen LogP contribution in [0.3, 0.4) is 0 Å². The third kappa shape index (κ3) is 5.69. The van der Waals surface area contributed by atoms with Crippen molar-refractivity contribution >= 4 is 22.8 Å². The Kier molecular flexibility index (Phi) is 8.17. The fourth-order valence-electron chi connectivity index (χ4n) is 3.26. The van der Waals surface area contributed by atoms with Crippen LogP contribution in [0.4, 0.5) is 0 Å². The summed E-state index contributed by atoms with van der Waals surface area (Å²) in [6, 6.07) is 14.7. The predicted molar refractivity (Wildman–Crippen MR) is 118 cm³/mol. The average molecular weight is 466 g/mol. The molecule has 34 heavy (non-hydrogen) atoms. The van der Waals surface area contributed by atoms with Crippen LogP contribution in [0.5, 0.6) is 5.75 Å². The Balaban J connectivity index is 0.00000324. The van der Waals surface area contributed by atoms with Crippen molar-refractivity contribution < 1.29 is 49.0 Å². The number of methoxy groups -OCH3 is 1. The Morgan fingerprint density at radius 1 is 1.03 bits per heavy atom. The molecule has 0 radical (unpaired) electrons. The fraction of sp³-hybridized carbons (Fsp3) is 0.125. The first-order valence-electron chi connectivity index (χ1n) is 10.0. The van der Waals surface area contributed by atoms with Crippen molar-refractivity contribution in [2.24, 2.45) is 0 Å². The maximum atomic E-state index is 13.0. The van der Waals surface area contributed by atoms with E-state index in [2.05, 4.69) is 15.3 Å². The number of rotatable bonds is 7. The van der Waals surface area contributed by atoms with E-state index in [1.54, 1.807) is 31.4 Å². The molecule has 10 heteroatoms. The molecule has 0 atom stereocenters. The summed E-state index contributed by atoms with van der Waals surface area (Å²) >= 11 is 0. The Morgan fingerprint density at radius 2 is 1.71 bits per heavy atom. The number of nitrogens with zero attached hydrogens (tertiary/aromatic N) is 3. The Bertz CT molecular complexity index is 1390. The molecule has 2 aromatic carbocycles. The number of ether oxygens (including phenoxy) is 1. The number of hydrogen-bond acceptors (Lipinski definition) is 7. The first kappa shape index (κ1) is 25.1. The van der Waals surface area contributed by atoms with E-state index >= 15 is 0 Å². The van der Waals surface area contributed by atoms with E-state index in [9.17, 15) is 19.5 Å². The first-order chi connectivity index (χ1) is 15.9. The van der Waals surface area contributed by atoms with Gasteiger partial charge in [-0.25, -0.2) is 9.97 Å². The molecule has 4 rings (SSSR count). The van der Waals surface area contributed by atoms with Gasteiger partial charge in [-0.15, -0.1) is 0 Å². The van der Waals surface area contributed by atoms with E-state index in [0.29, 0.717) is 12.1 Å². The van der Waals surface area contributed by atoms with Crippen molar-refractivity contribution in [2.45, 2.75) is 13.1 Å². The average Bonchev–Trinajstić information content (AvgIpc) is 2.84. The summed E-state index contributed by atoms with van der Waals surface area (Å²) in [6.45, 7) is 0.484. The van der Waals surface area contributed by atoms with E-state index in [1.165, 1.54) is 35.3 Å². The molecule has 166 valence electrons. The zero-order valence-corrected chi connectivity index (χ0v) is 20.6. The number of carbonyl (C=O) groups excluding carboxylic acids is 2. The molecule has 0 saturated heterocycles. The topological polar surface area (TPSA) is 126 Å². The smallest absolute Gasteiger partial charge is 0.545 e. The quantitative estimate of drug-likeness (QED) is 0.317. The molecular weight excluding hydrogens is 447 g/mol. The van der Waals surface area contributed by atoms with Gasteiger partial charge in [-0.3, -0.25) is 14.2 Å². The molecular formula is C24H19N4NaO5. The van der Waals surface area contributed by atoms with Crippen molar-refractivity contribution in [2.75, 3.05) is 7.11 Å². The molecule has 0 spiro atoms. The molecule has 9 nitrogen and oxygen atoms in total. The summed E-state index contributed by atoms with van der Waals surface area (Å²) in [5.74, 6) is -0.961. The van der Waals surface area contributed by atoms with Crippen LogP contribution in [-0.4, -0.2) is 33.5 Å². The number of benzene rings is 2. The van der Waals surface area contributed by atoms with Crippen LogP contribution in [0.15, 0.2) is 71.9 Å². The second-order valence-corrected chi connectivity index (χ2v) is 7.28. The second kappa shape index (κ2) is 11.1. The van der Waals surface area contributed by atoms with Crippen LogP contribution in [0, 0.1) is 0 Å². The zero-order valence-electron chi connectivity index (χ0n) is 18.6. The summed E-state index contributed by atoms with van der Waals surface area (Å²) < 4.78 is 6.50. The van der Waals surface area contributed by atoms with Gasteiger partial charge in [-0.2, -0.15) is 0 Å². The van der Waals surface area contributed by atoms with Gasteiger partial charge in [0.15, 0.2) is 0 Å². The molecule has 1 N–H and O–H groups in total. The molecule has 0 aliphatic rings. The Hall–Kier alpha value is -3.53. The van der Waals surface area contributed by atoms with Crippen LogP contribution in [-0.2, 0) is 13.1 Å². The maximum absolute atomic E-state index is 13.0. The van der Waals surface area contributed by atoms with E-state index in [4.69, 9.17) is 4.74 Å². The summed E-state index contributed by atoms with van der Waals surface area (Å²) in [5, 5.41) is 13.9. The van der Waals surface area contributed by atoms with Crippen molar-refractivity contribution in [3.05, 3.63) is 99.9 Å². The molecule has 2 heterocycles. The minimum Gasteiger partial charge on any atom is -0.545 e. The van der Waals surface area contributed by atoms with E-state index in [1.807, 2.05) is 12.1 Å². The molecule has 0 saturated carbocycles. The van der Waals surface area contributed by atoms with Crippen LogP contribution in [0.25, 0.3) is 10.9 Å². The first-order valence-corrected chi connectivity index (χ1v) is 10.0. The second-order valence-electron chi connectivity index (χ2n) is 7.28. The minimum absolute atomic E-state index is 0. The number of carboxylic acid groups (broad SMARTS) is 1. The van der Waals surface area contributed by atoms with Gasteiger partial charge in [0.2, 0.25) is 0 Å². The van der Waals surface area contributed by atoms with Gasteiger partial charge in [0.1, 0.15) is 11.4 Å². The number of pyridine rings is 1. The van der Waals surface area contributed by atoms with E-state index < -0.39 is 11.9 Å². The van der Waals surface area contributed by atoms with E-state index in [0.717, 1.165) is 16.9 Å². The number of amides is 1. The third-order valence-electron chi connectivity index (χ3n) is 5.10. The van der Waals surface area contributed by atoms with Gasteiger partial charge in [-0.05, 0) is 34.9 Å². The number of aromatic nitrogens is 3. The number of carboxylic acids is 1. The number of fused-ring (bicyclic) bond motifs is 1. The van der Waals surface area contributed by atoms with Crippen LogP contribution < -0.4 is 50.3 Å². The van der Waals surface area contributed by atoms with Gasteiger partial charge in [0, 0.05) is 6.54 Å². The zero-order chi connectivity index (χ0) is 23.4. The Labute approximate surface area is 216 Å². The van der Waals surface area contributed by atoms with Gasteiger partial charge in [0.25, 0.3) is 11.5 Å². The SMILES string of the molecule is COc1ccc(CNC(=O)c2cc3c(=O)n(Cc4ccc(C(=O)[O-])cc4)cnc3cn2)cc1.[Na+]. The number of nitrogens with one attached hydrogen (secondary N) is 1. The molecule has 2 aromatic heterocycles. The predicted octanol–water partition coefficient (Wildman–Crippen LogP) is -1.85. The summed E-state index contributed by atoms with van der Waals surface area (Å²) in [7, 11) is 1.58. The minimum atomic E-state index is -1.27. The van der Waals surface area contributed by atoms with Crippen molar-refractivity contribution in [1.29, 1.82) is 0 Å². The van der Waals surface area contributed by atoms with Crippen molar-refractivity contribution in [3.8, 4) is 5.75 Å². The summed E-state index contributed by atoms with van der Waals surface area (Å²) in [6.07, 6.45) is 2.78. The van der Waals surface area contributed by atoms with Gasteiger partial charge in [0.05, 0.1) is 43.1 Å². The molecule has 0 aliphatic carbocycles. The summed E-state index contributed by atoms with van der Waals surface area (Å²) in [5.41, 5.74) is 1.80. The standard InChI is InChI=1S/C24H20N4O5.Na/c1-33-18-8-4-15(5-9-18)11-26-22(29)20-10-19-21(12-25-20)27-14-28(23(19)30)13-16-2-6-17(7-3-16)24(31)32;/h2-10,12,14H,11,13H2,1H3,(H,26,29)(H,31,32);/q;+1/p-1. The van der Waals surface area contributed by atoms with E-state index in [-0.39, 0.29) is 58.3 Å². The molecule has 0 aliphatic heterocycles. The molecule has 1 amide bonds. The molecule has 0 bridgehead atoms. The van der Waals surface area contributed by atoms with Gasteiger partial charge in [-0.1, -0.05) is 36.4 Å². The number of hydrogen-bond donors (Lipinski definition) is 1. The molecule has 4 aromatic rings. The van der Waals surface area contributed by atoms with Crippen LogP contribution in [0.2, 0.25) is 0 Å². The van der Waals surface area contributed by atoms with Crippen molar-refractivity contribution in [1.82, 2.24) is 19.9 Å². The fourth-order valence-corrected chi connectivity index (χ4v) is 3.26.